The van der Waals surface area contributed by atoms with Gasteiger partial charge in [0.2, 0.25) is 5.91 Å². The van der Waals surface area contributed by atoms with Crippen molar-refractivity contribution in [3.05, 3.63) is 41.0 Å². The Morgan fingerprint density at radius 2 is 2.24 bits per heavy atom. The lowest BCUT2D eigenvalue weighted by molar-refractivity contribution is 0.0880. The second-order valence-corrected chi connectivity index (χ2v) is 4.65. The maximum atomic E-state index is 11.9. The standard InChI is InChI=1S/C14H13ClN4O2/c15-11-4-1-2-5-12(11)21-7-3-6-13(20)19-14(17)10(8-16)9-18-19/h1-2,4-5,9H,3,6-7,17H2. The molecule has 1 aromatic heterocycles. The summed E-state index contributed by atoms with van der Waals surface area (Å²) < 4.78 is 6.52. The first kappa shape index (κ1) is 14.9. The van der Waals surface area contributed by atoms with Gasteiger partial charge in [0.05, 0.1) is 17.8 Å². The van der Waals surface area contributed by atoms with Crippen LogP contribution in [0, 0.1) is 11.3 Å². The number of nitrogen functional groups attached to an aromatic ring is 1. The van der Waals surface area contributed by atoms with Crippen LogP contribution >= 0.6 is 11.6 Å². The number of halogens is 1. The summed E-state index contributed by atoms with van der Waals surface area (Å²) in [6, 6.07) is 8.99. The van der Waals surface area contributed by atoms with Gasteiger partial charge in [0.15, 0.2) is 0 Å². The Kier molecular flexibility index (Phi) is 4.80. The number of nitrogens with two attached hydrogens (primary N) is 1. The molecule has 0 saturated carbocycles. The van der Waals surface area contributed by atoms with E-state index in [-0.39, 0.29) is 23.7 Å². The van der Waals surface area contributed by atoms with Crippen LogP contribution in [0.5, 0.6) is 5.75 Å². The number of nitrogens with zero attached hydrogens (tertiary/aromatic N) is 3. The molecule has 1 aromatic carbocycles. The number of carbonyl (C=O) groups is 1. The van der Waals surface area contributed by atoms with Crippen LogP contribution < -0.4 is 10.5 Å². The second kappa shape index (κ2) is 6.77. The van der Waals surface area contributed by atoms with E-state index >= 15 is 0 Å². The molecule has 0 bridgehead atoms. The molecule has 21 heavy (non-hydrogen) atoms. The summed E-state index contributed by atoms with van der Waals surface area (Å²) in [6.07, 6.45) is 1.97. The lowest BCUT2D eigenvalue weighted by atomic mass is 10.3. The molecule has 0 aliphatic carbocycles. The third-order valence-electron chi connectivity index (χ3n) is 2.79. The number of hydrogen-bond donors (Lipinski definition) is 1. The molecule has 0 amide bonds. The number of rotatable bonds is 5. The van der Waals surface area contributed by atoms with Gasteiger partial charge in [-0.05, 0) is 18.6 Å². The average molecular weight is 305 g/mol. The Morgan fingerprint density at radius 3 is 2.90 bits per heavy atom. The van der Waals surface area contributed by atoms with Crippen molar-refractivity contribution in [3.8, 4) is 11.8 Å². The highest BCUT2D eigenvalue weighted by atomic mass is 35.5. The van der Waals surface area contributed by atoms with Crippen molar-refractivity contribution < 1.29 is 9.53 Å². The summed E-state index contributed by atoms with van der Waals surface area (Å²) in [4.78, 5) is 11.9. The van der Waals surface area contributed by atoms with Gasteiger partial charge in [0, 0.05) is 6.42 Å². The highest BCUT2D eigenvalue weighted by Crippen LogP contribution is 2.23. The molecule has 0 radical (unpaired) electrons. The largest absolute Gasteiger partial charge is 0.492 e. The molecule has 2 N–H and O–H groups in total. The van der Waals surface area contributed by atoms with Crippen LogP contribution in [-0.2, 0) is 0 Å². The average Bonchev–Trinajstić information content (AvgIpc) is 2.86. The van der Waals surface area contributed by atoms with Crippen LogP contribution in [0.1, 0.15) is 23.2 Å². The SMILES string of the molecule is N#Cc1cnn(C(=O)CCCOc2ccccc2Cl)c1N. The summed E-state index contributed by atoms with van der Waals surface area (Å²) >= 11 is 5.95. The van der Waals surface area contributed by atoms with Gasteiger partial charge >= 0.3 is 0 Å². The van der Waals surface area contributed by atoms with Gasteiger partial charge in [0.25, 0.3) is 0 Å². The third kappa shape index (κ3) is 3.52. The van der Waals surface area contributed by atoms with Gasteiger partial charge < -0.3 is 10.5 Å². The van der Waals surface area contributed by atoms with E-state index in [0.717, 1.165) is 4.68 Å². The number of aromatic nitrogens is 2. The summed E-state index contributed by atoms with van der Waals surface area (Å²) in [6.45, 7) is 0.349. The van der Waals surface area contributed by atoms with Crippen LogP contribution in [-0.4, -0.2) is 22.3 Å². The molecule has 0 aliphatic rings. The molecule has 1 heterocycles. The fourth-order valence-electron chi connectivity index (χ4n) is 1.72. The molecule has 6 nitrogen and oxygen atoms in total. The molecule has 0 atom stereocenters. The molecule has 0 saturated heterocycles. The predicted molar refractivity (Wildman–Crippen MR) is 78.2 cm³/mol. The number of nitriles is 1. The van der Waals surface area contributed by atoms with E-state index in [2.05, 4.69) is 5.10 Å². The smallest absolute Gasteiger partial charge is 0.248 e. The van der Waals surface area contributed by atoms with E-state index in [0.29, 0.717) is 23.8 Å². The Morgan fingerprint density at radius 1 is 1.48 bits per heavy atom. The molecular formula is C14H13ClN4O2. The van der Waals surface area contributed by atoms with Gasteiger partial charge in [-0.1, -0.05) is 23.7 Å². The molecule has 0 fully saturated rings. The highest BCUT2D eigenvalue weighted by molar-refractivity contribution is 6.32. The monoisotopic (exact) mass is 304 g/mol. The summed E-state index contributed by atoms with van der Waals surface area (Å²) in [5, 5.41) is 13.1. The highest BCUT2D eigenvalue weighted by Gasteiger charge is 2.13. The Bertz CT molecular complexity index is 691. The Hall–Kier alpha value is -2.52. The zero-order chi connectivity index (χ0) is 15.2. The predicted octanol–water partition coefficient (Wildman–Crippen LogP) is 2.49. The van der Waals surface area contributed by atoms with E-state index in [1.165, 1.54) is 6.20 Å². The van der Waals surface area contributed by atoms with Crippen molar-refractivity contribution in [2.24, 2.45) is 0 Å². The van der Waals surface area contributed by atoms with Crippen molar-refractivity contribution in [3.63, 3.8) is 0 Å². The molecule has 2 aromatic rings. The minimum absolute atomic E-state index is 0.0644. The molecule has 108 valence electrons. The summed E-state index contributed by atoms with van der Waals surface area (Å²) in [5.41, 5.74) is 5.83. The van der Waals surface area contributed by atoms with Gasteiger partial charge in [-0.25, -0.2) is 0 Å². The van der Waals surface area contributed by atoms with Crippen LogP contribution in [0.15, 0.2) is 30.5 Å². The number of ether oxygens (including phenoxy) is 1. The topological polar surface area (TPSA) is 93.9 Å². The van der Waals surface area contributed by atoms with Crippen molar-refractivity contribution in [2.75, 3.05) is 12.3 Å². The van der Waals surface area contributed by atoms with Crippen LogP contribution in [0.3, 0.4) is 0 Å². The van der Waals surface area contributed by atoms with E-state index in [4.69, 9.17) is 27.3 Å². The second-order valence-electron chi connectivity index (χ2n) is 4.24. The van der Waals surface area contributed by atoms with Crippen LogP contribution in [0.2, 0.25) is 5.02 Å². The summed E-state index contributed by atoms with van der Waals surface area (Å²) in [5.74, 6) is 0.364. The molecule has 2 rings (SSSR count). The lowest BCUT2D eigenvalue weighted by Crippen LogP contribution is -2.16. The fourth-order valence-corrected chi connectivity index (χ4v) is 1.91. The third-order valence-corrected chi connectivity index (χ3v) is 3.10. The minimum Gasteiger partial charge on any atom is -0.492 e. The van der Waals surface area contributed by atoms with Gasteiger partial charge in [-0.3, -0.25) is 4.79 Å². The lowest BCUT2D eigenvalue weighted by Gasteiger charge is -2.07. The number of para-hydroxylation sites is 1. The first-order valence-electron chi connectivity index (χ1n) is 6.27. The van der Waals surface area contributed by atoms with Gasteiger partial charge in [-0.15, -0.1) is 0 Å². The maximum Gasteiger partial charge on any atom is 0.248 e. The molecule has 0 spiro atoms. The zero-order valence-corrected chi connectivity index (χ0v) is 11.9. The number of carbonyl (C=O) groups excluding carboxylic acids is 1. The van der Waals surface area contributed by atoms with Crippen LogP contribution in [0.25, 0.3) is 0 Å². The maximum absolute atomic E-state index is 11.9. The van der Waals surface area contributed by atoms with E-state index in [9.17, 15) is 4.79 Å². The first-order valence-corrected chi connectivity index (χ1v) is 6.65. The summed E-state index contributed by atoms with van der Waals surface area (Å²) in [7, 11) is 0. The molecule has 0 aliphatic heterocycles. The minimum atomic E-state index is -0.281. The first-order chi connectivity index (χ1) is 10.1. The Balaban J connectivity index is 1.84. The molecular weight excluding hydrogens is 292 g/mol. The van der Waals surface area contributed by atoms with E-state index in [1.807, 2.05) is 18.2 Å². The van der Waals surface area contributed by atoms with Crippen LogP contribution in [0.4, 0.5) is 5.82 Å². The van der Waals surface area contributed by atoms with E-state index < -0.39 is 0 Å². The van der Waals surface area contributed by atoms with Gasteiger partial charge in [-0.2, -0.15) is 15.0 Å². The van der Waals surface area contributed by atoms with Crippen molar-refractivity contribution in [1.29, 1.82) is 5.26 Å². The zero-order valence-electron chi connectivity index (χ0n) is 11.1. The van der Waals surface area contributed by atoms with Gasteiger partial charge in [0.1, 0.15) is 23.2 Å². The number of anilines is 1. The normalized spacial score (nSPS) is 10.1. The van der Waals surface area contributed by atoms with Crippen molar-refractivity contribution in [1.82, 2.24) is 9.78 Å². The number of hydrogen-bond acceptors (Lipinski definition) is 5. The van der Waals surface area contributed by atoms with Crippen molar-refractivity contribution >= 4 is 23.3 Å². The quantitative estimate of drug-likeness (QED) is 0.856. The molecule has 7 heteroatoms. The van der Waals surface area contributed by atoms with E-state index in [1.54, 1.807) is 12.1 Å². The molecule has 0 unspecified atom stereocenters. The Labute approximate surface area is 126 Å². The van der Waals surface area contributed by atoms with Crippen molar-refractivity contribution in [2.45, 2.75) is 12.8 Å². The fraction of sp³-hybridized carbons (Fsp3) is 0.214. The number of benzene rings is 1.